The van der Waals surface area contributed by atoms with Crippen molar-refractivity contribution in [2.75, 3.05) is 0 Å². The van der Waals surface area contributed by atoms with E-state index >= 15 is 0 Å². The first kappa shape index (κ1) is 6.73. The van der Waals surface area contributed by atoms with Gasteiger partial charge < -0.3 is 5.73 Å². The largest absolute Gasteiger partial charge is 0.324 e. The number of pyridine rings is 1. The van der Waals surface area contributed by atoms with E-state index in [0.717, 1.165) is 24.1 Å². The van der Waals surface area contributed by atoms with Crippen LogP contribution in [0.2, 0.25) is 0 Å². The van der Waals surface area contributed by atoms with Crippen LogP contribution in [0.5, 0.6) is 0 Å². The van der Waals surface area contributed by atoms with Gasteiger partial charge in [-0.1, -0.05) is 0 Å². The van der Waals surface area contributed by atoms with Gasteiger partial charge in [0.05, 0.1) is 6.20 Å². The Morgan fingerprint density at radius 3 is 3.27 bits per heavy atom. The molecule has 2 nitrogen and oxygen atoms in total. The summed E-state index contributed by atoms with van der Waals surface area (Å²) in [5.41, 5.74) is 7.55. The average Bonchev–Trinajstić information content (AvgIpc) is 2.33. The summed E-state index contributed by atoms with van der Waals surface area (Å²) in [4.78, 5) is 3.95. The number of nitrogens with two attached hydrogens (primary N) is 1. The summed E-state index contributed by atoms with van der Waals surface area (Å²) in [6, 6.07) is 1.48. The number of nitrogens with zero attached hydrogens (tertiary/aromatic N) is 1. The van der Waals surface area contributed by atoms with Gasteiger partial charge in [0, 0.05) is 11.7 Å². The lowest BCUT2D eigenvalue weighted by Gasteiger charge is -2.02. The van der Waals surface area contributed by atoms with Crippen LogP contribution in [0.25, 0.3) is 0 Å². The second-order valence-electron chi connectivity index (χ2n) is 2.83. The van der Waals surface area contributed by atoms with Gasteiger partial charge in [0.1, 0.15) is 5.82 Å². The van der Waals surface area contributed by atoms with Crippen LogP contribution in [0.3, 0.4) is 0 Å². The molecule has 0 radical (unpaired) electrons. The Morgan fingerprint density at radius 1 is 1.64 bits per heavy atom. The number of rotatable bonds is 0. The van der Waals surface area contributed by atoms with Crippen molar-refractivity contribution in [2.45, 2.75) is 18.9 Å². The van der Waals surface area contributed by atoms with Crippen molar-refractivity contribution in [1.29, 1.82) is 0 Å². The number of aryl methyl sites for hydroxylation is 1. The summed E-state index contributed by atoms with van der Waals surface area (Å²) < 4.78 is 12.6. The van der Waals surface area contributed by atoms with Gasteiger partial charge in [0.2, 0.25) is 0 Å². The van der Waals surface area contributed by atoms with Gasteiger partial charge in [0.25, 0.3) is 0 Å². The lowest BCUT2D eigenvalue weighted by Crippen LogP contribution is -2.05. The van der Waals surface area contributed by atoms with Crippen LogP contribution in [0.15, 0.2) is 12.3 Å². The highest BCUT2D eigenvalue weighted by atomic mass is 19.1. The Labute approximate surface area is 64.2 Å². The van der Waals surface area contributed by atoms with Gasteiger partial charge in [-0.3, -0.25) is 4.98 Å². The van der Waals surface area contributed by atoms with Crippen molar-refractivity contribution < 1.29 is 4.39 Å². The van der Waals surface area contributed by atoms with E-state index < -0.39 is 0 Å². The van der Waals surface area contributed by atoms with E-state index in [2.05, 4.69) is 4.98 Å². The zero-order valence-electron chi connectivity index (χ0n) is 6.05. The van der Waals surface area contributed by atoms with Crippen LogP contribution in [-0.4, -0.2) is 4.98 Å². The fourth-order valence-corrected chi connectivity index (χ4v) is 1.46. The third kappa shape index (κ3) is 1.01. The van der Waals surface area contributed by atoms with E-state index in [1.807, 2.05) is 0 Å². The molecular weight excluding hydrogens is 143 g/mol. The number of fused-ring (bicyclic) bond motifs is 1. The first-order valence-corrected chi connectivity index (χ1v) is 3.67. The van der Waals surface area contributed by atoms with Crippen LogP contribution in [0.4, 0.5) is 4.39 Å². The summed E-state index contributed by atoms with van der Waals surface area (Å²) in [6.45, 7) is 0. The van der Waals surface area contributed by atoms with Crippen molar-refractivity contribution in [3.63, 3.8) is 0 Å². The quantitative estimate of drug-likeness (QED) is 0.606. The highest BCUT2D eigenvalue weighted by Gasteiger charge is 2.20. The maximum atomic E-state index is 12.6. The molecule has 1 aliphatic rings. The number of hydrogen-bond donors (Lipinski definition) is 1. The number of aromatic nitrogens is 1. The minimum Gasteiger partial charge on any atom is -0.324 e. The fourth-order valence-electron chi connectivity index (χ4n) is 1.46. The predicted octanol–water partition coefficient (Wildman–Crippen LogP) is 1.17. The van der Waals surface area contributed by atoms with Gasteiger partial charge in [-0.15, -0.1) is 0 Å². The zero-order chi connectivity index (χ0) is 7.84. The van der Waals surface area contributed by atoms with Crippen LogP contribution in [0, 0.1) is 5.82 Å². The topological polar surface area (TPSA) is 38.9 Å². The molecule has 2 rings (SSSR count). The van der Waals surface area contributed by atoms with E-state index in [-0.39, 0.29) is 11.9 Å². The van der Waals surface area contributed by atoms with Crippen LogP contribution in [0.1, 0.15) is 23.7 Å². The van der Waals surface area contributed by atoms with Crippen molar-refractivity contribution >= 4 is 0 Å². The summed E-state index contributed by atoms with van der Waals surface area (Å²) >= 11 is 0. The third-order valence-electron chi connectivity index (χ3n) is 2.06. The van der Waals surface area contributed by atoms with E-state index in [4.69, 9.17) is 5.73 Å². The lowest BCUT2D eigenvalue weighted by molar-refractivity contribution is 0.615. The molecule has 1 aromatic rings. The molecule has 2 N–H and O–H groups in total. The summed E-state index contributed by atoms with van der Waals surface area (Å²) in [6.07, 6.45) is 3.03. The Bertz CT molecular complexity index is 285. The molecule has 58 valence electrons. The van der Waals surface area contributed by atoms with Gasteiger partial charge >= 0.3 is 0 Å². The second-order valence-corrected chi connectivity index (χ2v) is 2.83. The molecule has 0 spiro atoms. The highest BCUT2D eigenvalue weighted by Crippen LogP contribution is 2.27. The Hall–Kier alpha value is -0.960. The number of hydrogen-bond acceptors (Lipinski definition) is 2. The molecule has 11 heavy (non-hydrogen) atoms. The van der Waals surface area contributed by atoms with E-state index in [1.165, 1.54) is 12.3 Å². The molecule has 0 fully saturated rings. The first-order valence-electron chi connectivity index (χ1n) is 3.67. The minimum absolute atomic E-state index is 0.00630. The Balaban J connectivity index is 2.52. The molecule has 0 saturated carbocycles. The van der Waals surface area contributed by atoms with E-state index in [9.17, 15) is 4.39 Å². The third-order valence-corrected chi connectivity index (χ3v) is 2.06. The summed E-state index contributed by atoms with van der Waals surface area (Å²) in [5.74, 6) is -0.291. The standard InChI is InChI=1S/C8H9FN2/c9-5-3-6-7(10)1-2-8(6)11-4-5/h3-4,7H,1-2,10H2. The van der Waals surface area contributed by atoms with Gasteiger partial charge in [-0.2, -0.15) is 0 Å². The second kappa shape index (κ2) is 2.27. The molecule has 1 aromatic heterocycles. The van der Waals surface area contributed by atoms with Crippen LogP contribution < -0.4 is 5.73 Å². The molecule has 1 aliphatic carbocycles. The van der Waals surface area contributed by atoms with Crippen LogP contribution >= 0.6 is 0 Å². The van der Waals surface area contributed by atoms with Crippen molar-refractivity contribution in [1.82, 2.24) is 4.98 Å². The van der Waals surface area contributed by atoms with Crippen molar-refractivity contribution in [2.24, 2.45) is 5.73 Å². The minimum atomic E-state index is -0.291. The van der Waals surface area contributed by atoms with Gasteiger partial charge in [0.15, 0.2) is 0 Å². The molecule has 1 atom stereocenters. The monoisotopic (exact) mass is 152 g/mol. The molecule has 3 heteroatoms. The highest BCUT2D eigenvalue weighted by molar-refractivity contribution is 5.28. The smallest absolute Gasteiger partial charge is 0.141 e. The van der Waals surface area contributed by atoms with E-state index in [1.54, 1.807) is 0 Å². The van der Waals surface area contributed by atoms with Gasteiger partial charge in [-0.05, 0) is 24.5 Å². The maximum Gasteiger partial charge on any atom is 0.141 e. The average molecular weight is 152 g/mol. The molecule has 0 aliphatic heterocycles. The molecule has 0 amide bonds. The molecule has 0 aromatic carbocycles. The predicted molar refractivity (Wildman–Crippen MR) is 39.4 cm³/mol. The van der Waals surface area contributed by atoms with Crippen molar-refractivity contribution in [3.8, 4) is 0 Å². The first-order chi connectivity index (χ1) is 5.27. The molecule has 1 unspecified atom stereocenters. The normalized spacial score (nSPS) is 21.8. The molecular formula is C8H9FN2. The summed E-state index contributed by atoms with van der Waals surface area (Å²) in [7, 11) is 0. The SMILES string of the molecule is NC1CCc2ncc(F)cc21. The number of halogens is 1. The summed E-state index contributed by atoms with van der Waals surface area (Å²) in [5, 5.41) is 0. The molecule has 0 bridgehead atoms. The van der Waals surface area contributed by atoms with Gasteiger partial charge in [-0.25, -0.2) is 4.39 Å². The maximum absolute atomic E-state index is 12.6. The zero-order valence-corrected chi connectivity index (χ0v) is 6.05. The van der Waals surface area contributed by atoms with Crippen molar-refractivity contribution in [3.05, 3.63) is 29.3 Å². The fraction of sp³-hybridized carbons (Fsp3) is 0.375. The molecule has 0 saturated heterocycles. The Kier molecular flexibility index (Phi) is 1.39. The Morgan fingerprint density at radius 2 is 2.45 bits per heavy atom. The van der Waals surface area contributed by atoms with E-state index in [0.29, 0.717) is 0 Å². The molecule has 1 heterocycles. The lowest BCUT2D eigenvalue weighted by atomic mass is 10.2. The van der Waals surface area contributed by atoms with Crippen LogP contribution in [-0.2, 0) is 6.42 Å².